The highest BCUT2D eigenvalue weighted by Gasteiger charge is 2.25. The summed E-state index contributed by atoms with van der Waals surface area (Å²) in [6.07, 6.45) is 11.2. The van der Waals surface area contributed by atoms with Crippen molar-refractivity contribution < 1.29 is 8.42 Å². The Morgan fingerprint density at radius 3 is 2.52 bits per heavy atom. The average molecular weight is 313 g/mol. The number of allylic oxidation sites excluding steroid dienone is 1. The van der Waals surface area contributed by atoms with Gasteiger partial charge in [0.15, 0.2) is 0 Å². The molecule has 2 rings (SSSR count). The summed E-state index contributed by atoms with van der Waals surface area (Å²) >= 11 is 0. The Hall–Kier alpha value is -1.17. The Bertz CT molecular complexity index is 503. The maximum absolute atomic E-state index is 11.6. The third-order valence-electron chi connectivity index (χ3n) is 4.38. The normalized spacial score (nSPS) is 26.4. The number of likely N-dealkylation sites (tertiary alicyclic amines) is 1. The Balaban J connectivity index is 1.91. The third kappa shape index (κ3) is 4.95. The predicted molar refractivity (Wildman–Crippen MR) is 86.3 cm³/mol. The van der Waals surface area contributed by atoms with Crippen molar-refractivity contribution in [2.24, 2.45) is 5.73 Å². The summed E-state index contributed by atoms with van der Waals surface area (Å²) in [5.74, 6) is 0. The number of nitrogens with two attached hydrogens (primary N) is 1. The van der Waals surface area contributed by atoms with E-state index in [1.54, 1.807) is 6.20 Å². The Morgan fingerprint density at radius 2 is 1.90 bits per heavy atom. The largest absolute Gasteiger partial charge is 0.403 e. The maximum Gasteiger partial charge on any atom is 0.150 e. The molecule has 2 heterocycles. The molecule has 2 aliphatic heterocycles. The molecule has 21 heavy (non-hydrogen) atoms. The first kappa shape index (κ1) is 16.2. The molecule has 2 aliphatic rings. The molecule has 0 aromatic rings. The van der Waals surface area contributed by atoms with Crippen LogP contribution in [0.5, 0.6) is 0 Å². The van der Waals surface area contributed by atoms with Gasteiger partial charge in [-0.25, -0.2) is 8.42 Å². The fraction of sp³-hybridized carbons (Fsp3) is 0.733. The van der Waals surface area contributed by atoms with Crippen molar-refractivity contribution in [1.29, 1.82) is 0 Å². The molecule has 0 spiro atoms. The van der Waals surface area contributed by atoms with E-state index in [1.165, 1.54) is 18.2 Å². The quantitative estimate of drug-likeness (QED) is 0.805. The van der Waals surface area contributed by atoms with E-state index in [2.05, 4.69) is 16.4 Å². The van der Waals surface area contributed by atoms with Gasteiger partial charge in [0.25, 0.3) is 0 Å². The van der Waals surface area contributed by atoms with Crippen molar-refractivity contribution >= 4 is 9.84 Å². The van der Waals surface area contributed by atoms with Crippen LogP contribution in [0.2, 0.25) is 0 Å². The zero-order valence-electron chi connectivity index (χ0n) is 12.8. The highest BCUT2D eigenvalue weighted by molar-refractivity contribution is 7.91. The third-order valence-corrected chi connectivity index (χ3v) is 6.07. The number of piperidine rings is 1. The molecular weight excluding hydrogens is 286 g/mol. The number of hydrogen-bond acceptors (Lipinski definition) is 5. The number of nitrogens with zero attached hydrogens (tertiary/aromatic N) is 1. The van der Waals surface area contributed by atoms with E-state index in [0.717, 1.165) is 57.4 Å². The van der Waals surface area contributed by atoms with Crippen LogP contribution >= 0.6 is 0 Å². The van der Waals surface area contributed by atoms with Crippen LogP contribution in [0.3, 0.4) is 0 Å². The van der Waals surface area contributed by atoms with Crippen LogP contribution in [0.15, 0.2) is 23.7 Å². The molecule has 0 bridgehead atoms. The van der Waals surface area contributed by atoms with E-state index < -0.39 is 9.84 Å². The first-order chi connectivity index (χ1) is 9.99. The van der Waals surface area contributed by atoms with Crippen LogP contribution in [0.25, 0.3) is 0 Å². The van der Waals surface area contributed by atoms with E-state index in [-0.39, 0.29) is 5.25 Å². The molecule has 5 nitrogen and oxygen atoms in total. The van der Waals surface area contributed by atoms with Gasteiger partial charge in [-0.1, -0.05) is 0 Å². The van der Waals surface area contributed by atoms with Gasteiger partial charge in [-0.05, 0) is 50.3 Å². The van der Waals surface area contributed by atoms with E-state index in [4.69, 9.17) is 5.73 Å². The zero-order valence-corrected chi connectivity index (χ0v) is 13.7. The van der Waals surface area contributed by atoms with E-state index in [1.807, 2.05) is 0 Å². The summed E-state index contributed by atoms with van der Waals surface area (Å²) in [6, 6.07) is 0. The van der Waals surface area contributed by atoms with Gasteiger partial charge in [0.1, 0.15) is 9.84 Å². The first-order valence-corrected chi connectivity index (χ1v) is 9.71. The SMILES string of the molecule is CS(=O)(=O)C1CCN(/C=C2\CCCC/C(=C/N)NC2)CC1. The molecule has 2 fully saturated rings. The molecule has 0 aliphatic carbocycles. The van der Waals surface area contributed by atoms with Crippen molar-refractivity contribution in [1.82, 2.24) is 10.2 Å². The second-order valence-electron chi connectivity index (χ2n) is 6.10. The summed E-state index contributed by atoms with van der Waals surface area (Å²) in [6.45, 7) is 2.51. The molecule has 0 radical (unpaired) electrons. The Kier molecular flexibility index (Phi) is 5.56. The molecule has 0 aromatic carbocycles. The molecule has 0 amide bonds. The fourth-order valence-corrected chi connectivity index (χ4v) is 4.08. The molecule has 3 N–H and O–H groups in total. The number of rotatable bonds is 2. The van der Waals surface area contributed by atoms with Gasteiger partial charge < -0.3 is 16.0 Å². The first-order valence-electron chi connectivity index (χ1n) is 7.76. The van der Waals surface area contributed by atoms with Crippen molar-refractivity contribution in [2.45, 2.75) is 43.8 Å². The Labute approximate surface area is 128 Å². The zero-order chi connectivity index (χ0) is 15.3. The van der Waals surface area contributed by atoms with Crippen LogP contribution in [0, 0.1) is 0 Å². The minimum absolute atomic E-state index is 0.158. The van der Waals surface area contributed by atoms with Crippen LogP contribution in [0.1, 0.15) is 38.5 Å². The second kappa shape index (κ2) is 7.20. The van der Waals surface area contributed by atoms with Crippen LogP contribution in [-0.4, -0.2) is 44.5 Å². The van der Waals surface area contributed by atoms with Crippen molar-refractivity contribution in [3.63, 3.8) is 0 Å². The molecule has 0 saturated carbocycles. The van der Waals surface area contributed by atoms with Gasteiger partial charge >= 0.3 is 0 Å². The lowest BCUT2D eigenvalue weighted by atomic mass is 10.0. The van der Waals surface area contributed by atoms with Gasteiger partial charge in [0, 0.05) is 37.8 Å². The summed E-state index contributed by atoms with van der Waals surface area (Å²) < 4.78 is 23.1. The molecule has 0 unspecified atom stereocenters. The van der Waals surface area contributed by atoms with Crippen LogP contribution in [0.4, 0.5) is 0 Å². The van der Waals surface area contributed by atoms with Gasteiger partial charge in [-0.2, -0.15) is 0 Å². The molecule has 2 saturated heterocycles. The smallest absolute Gasteiger partial charge is 0.150 e. The van der Waals surface area contributed by atoms with Gasteiger partial charge in [-0.3, -0.25) is 0 Å². The van der Waals surface area contributed by atoms with Crippen LogP contribution < -0.4 is 11.1 Å². The standard InChI is InChI=1S/C15H27N3O2S/c1-21(19,20)15-6-8-18(9-7-15)12-13-4-2-3-5-14(10-16)17-11-13/h10,12,15,17H,2-9,11,16H2,1H3/b13-12+,14-10-. The topological polar surface area (TPSA) is 75.4 Å². The second-order valence-corrected chi connectivity index (χ2v) is 8.43. The van der Waals surface area contributed by atoms with Gasteiger partial charge in [-0.15, -0.1) is 0 Å². The van der Waals surface area contributed by atoms with Crippen molar-refractivity contribution in [3.05, 3.63) is 23.7 Å². The minimum Gasteiger partial charge on any atom is -0.403 e. The Morgan fingerprint density at radius 1 is 1.24 bits per heavy atom. The summed E-state index contributed by atoms with van der Waals surface area (Å²) in [4.78, 5) is 2.27. The van der Waals surface area contributed by atoms with Crippen LogP contribution in [-0.2, 0) is 9.84 Å². The molecule has 0 aromatic heterocycles. The summed E-state index contributed by atoms with van der Waals surface area (Å²) in [5, 5.41) is 3.23. The predicted octanol–water partition coefficient (Wildman–Crippen LogP) is 1.34. The lowest BCUT2D eigenvalue weighted by molar-refractivity contribution is 0.306. The fourth-order valence-electron chi connectivity index (χ4n) is 3.02. The molecule has 0 atom stereocenters. The van der Waals surface area contributed by atoms with E-state index >= 15 is 0 Å². The lowest BCUT2D eigenvalue weighted by Crippen LogP contribution is -2.36. The lowest BCUT2D eigenvalue weighted by Gasteiger charge is -2.31. The van der Waals surface area contributed by atoms with Gasteiger partial charge in [0.2, 0.25) is 0 Å². The van der Waals surface area contributed by atoms with E-state index in [0.29, 0.717) is 0 Å². The summed E-state index contributed by atoms with van der Waals surface area (Å²) in [5.41, 5.74) is 8.10. The van der Waals surface area contributed by atoms with E-state index in [9.17, 15) is 8.42 Å². The van der Waals surface area contributed by atoms with Gasteiger partial charge in [0.05, 0.1) is 5.25 Å². The minimum atomic E-state index is -2.88. The molecule has 6 heteroatoms. The average Bonchev–Trinajstić information content (AvgIpc) is 2.42. The number of hydrogen-bond donors (Lipinski definition) is 2. The van der Waals surface area contributed by atoms with Crippen molar-refractivity contribution in [2.75, 3.05) is 25.9 Å². The highest BCUT2D eigenvalue weighted by atomic mass is 32.2. The molecule has 120 valence electrons. The number of sulfone groups is 1. The summed E-state index contributed by atoms with van der Waals surface area (Å²) in [7, 11) is -2.88. The highest BCUT2D eigenvalue weighted by Crippen LogP contribution is 2.20. The number of nitrogens with one attached hydrogen (secondary N) is 1. The maximum atomic E-state index is 11.6. The van der Waals surface area contributed by atoms with Crippen molar-refractivity contribution in [3.8, 4) is 0 Å². The monoisotopic (exact) mass is 313 g/mol. The molecular formula is C15H27N3O2S.